The summed E-state index contributed by atoms with van der Waals surface area (Å²) in [7, 11) is 0. The first-order valence-electron chi connectivity index (χ1n) is 7.01. The number of anilines is 1. The van der Waals surface area contributed by atoms with Gasteiger partial charge in [-0.25, -0.2) is 8.78 Å². The fourth-order valence-electron chi connectivity index (χ4n) is 1.89. The van der Waals surface area contributed by atoms with Crippen molar-refractivity contribution in [2.75, 3.05) is 5.32 Å². The summed E-state index contributed by atoms with van der Waals surface area (Å²) in [6.45, 7) is 2.28. The molecule has 2 amide bonds. The van der Waals surface area contributed by atoms with Crippen LogP contribution in [-0.4, -0.2) is 11.8 Å². The van der Waals surface area contributed by atoms with Crippen molar-refractivity contribution >= 4 is 17.5 Å². The van der Waals surface area contributed by atoms with Crippen LogP contribution in [0.15, 0.2) is 42.5 Å². The molecule has 120 valence electrons. The minimum absolute atomic E-state index is 0.0974. The lowest BCUT2D eigenvalue weighted by Crippen LogP contribution is -2.27. The maximum absolute atomic E-state index is 13.0. The van der Waals surface area contributed by atoms with Crippen LogP contribution in [0.1, 0.15) is 17.5 Å². The molecule has 2 aromatic carbocycles. The van der Waals surface area contributed by atoms with Gasteiger partial charge < -0.3 is 10.6 Å². The van der Waals surface area contributed by atoms with E-state index in [1.165, 1.54) is 6.07 Å². The van der Waals surface area contributed by atoms with E-state index in [4.69, 9.17) is 0 Å². The molecular formula is C17H16F2N2O2. The Morgan fingerprint density at radius 2 is 1.65 bits per heavy atom. The van der Waals surface area contributed by atoms with Crippen LogP contribution in [0, 0.1) is 18.6 Å². The van der Waals surface area contributed by atoms with Gasteiger partial charge >= 0.3 is 0 Å². The van der Waals surface area contributed by atoms with Gasteiger partial charge in [-0.3, -0.25) is 9.59 Å². The zero-order valence-electron chi connectivity index (χ0n) is 12.5. The molecule has 0 saturated carbocycles. The molecule has 23 heavy (non-hydrogen) atoms. The molecule has 6 heteroatoms. The van der Waals surface area contributed by atoms with Gasteiger partial charge in [-0.15, -0.1) is 0 Å². The summed E-state index contributed by atoms with van der Waals surface area (Å²) in [6, 6.07) is 10.6. The highest BCUT2D eigenvalue weighted by Crippen LogP contribution is 2.13. The molecule has 0 atom stereocenters. The Morgan fingerprint density at radius 1 is 0.957 bits per heavy atom. The maximum atomic E-state index is 13.0. The molecule has 0 bridgehead atoms. The molecule has 0 aromatic heterocycles. The highest BCUT2D eigenvalue weighted by molar-refractivity contribution is 6.03. The number of rotatable bonds is 5. The molecule has 0 heterocycles. The Hall–Kier alpha value is -2.76. The summed E-state index contributed by atoms with van der Waals surface area (Å²) in [4.78, 5) is 23.4. The molecule has 4 nitrogen and oxygen atoms in total. The van der Waals surface area contributed by atoms with E-state index in [-0.39, 0.29) is 5.69 Å². The fraction of sp³-hybridized carbons (Fsp3) is 0.176. The van der Waals surface area contributed by atoms with E-state index in [0.717, 1.165) is 23.3 Å². The molecule has 2 N–H and O–H groups in total. The average Bonchev–Trinajstić information content (AvgIpc) is 2.50. The van der Waals surface area contributed by atoms with Crippen LogP contribution < -0.4 is 10.6 Å². The number of halogens is 2. The molecule has 0 aliphatic heterocycles. The lowest BCUT2D eigenvalue weighted by molar-refractivity contribution is -0.126. The van der Waals surface area contributed by atoms with Crippen molar-refractivity contribution in [2.24, 2.45) is 0 Å². The standard InChI is InChI=1S/C17H16F2N2O2/c1-11-2-4-12(5-3-11)10-20-16(22)9-17(23)21-13-6-7-14(18)15(19)8-13/h2-8H,9-10H2,1H3,(H,20,22)(H,21,23). The number of carbonyl (C=O) groups is 2. The van der Waals surface area contributed by atoms with E-state index in [1.807, 2.05) is 31.2 Å². The van der Waals surface area contributed by atoms with Gasteiger partial charge in [0.2, 0.25) is 11.8 Å². The molecule has 2 rings (SSSR count). The summed E-state index contributed by atoms with van der Waals surface area (Å²) in [5.74, 6) is -3.12. The van der Waals surface area contributed by atoms with Gasteiger partial charge in [0.05, 0.1) is 0 Å². The zero-order chi connectivity index (χ0) is 16.8. The van der Waals surface area contributed by atoms with E-state index in [2.05, 4.69) is 10.6 Å². The van der Waals surface area contributed by atoms with Crippen molar-refractivity contribution in [2.45, 2.75) is 19.9 Å². The average molecular weight is 318 g/mol. The number of hydrogen-bond acceptors (Lipinski definition) is 2. The fourth-order valence-corrected chi connectivity index (χ4v) is 1.89. The van der Waals surface area contributed by atoms with E-state index >= 15 is 0 Å². The Bertz CT molecular complexity index is 715. The smallest absolute Gasteiger partial charge is 0.233 e. The molecule has 2 aromatic rings. The highest BCUT2D eigenvalue weighted by atomic mass is 19.2. The van der Waals surface area contributed by atoms with E-state index < -0.39 is 29.9 Å². The number of benzene rings is 2. The third-order valence-corrected chi connectivity index (χ3v) is 3.13. The van der Waals surface area contributed by atoms with Crippen LogP contribution in [0.4, 0.5) is 14.5 Å². The zero-order valence-corrected chi connectivity index (χ0v) is 12.5. The lowest BCUT2D eigenvalue weighted by atomic mass is 10.1. The molecule has 0 unspecified atom stereocenters. The molecule has 0 aliphatic rings. The largest absolute Gasteiger partial charge is 0.352 e. The minimum Gasteiger partial charge on any atom is -0.352 e. The Morgan fingerprint density at radius 3 is 2.30 bits per heavy atom. The number of amides is 2. The molecule has 0 radical (unpaired) electrons. The summed E-state index contributed by atoms with van der Waals surface area (Å²) in [6.07, 6.45) is -0.398. The van der Waals surface area contributed by atoms with Gasteiger partial charge in [-0.1, -0.05) is 29.8 Å². The van der Waals surface area contributed by atoms with Crippen LogP contribution in [0.3, 0.4) is 0 Å². The van der Waals surface area contributed by atoms with Crippen LogP contribution in [0.2, 0.25) is 0 Å². The molecular weight excluding hydrogens is 302 g/mol. The van der Waals surface area contributed by atoms with E-state index in [9.17, 15) is 18.4 Å². The minimum atomic E-state index is -1.06. The first kappa shape index (κ1) is 16.6. The van der Waals surface area contributed by atoms with Gasteiger partial charge in [-0.2, -0.15) is 0 Å². The topological polar surface area (TPSA) is 58.2 Å². The van der Waals surface area contributed by atoms with Crippen molar-refractivity contribution in [3.05, 3.63) is 65.2 Å². The van der Waals surface area contributed by atoms with Crippen LogP contribution in [-0.2, 0) is 16.1 Å². The van der Waals surface area contributed by atoms with E-state index in [0.29, 0.717) is 6.54 Å². The quantitative estimate of drug-likeness (QED) is 0.833. The predicted octanol–water partition coefficient (Wildman–Crippen LogP) is 2.92. The normalized spacial score (nSPS) is 10.2. The molecule has 0 saturated heterocycles. The second-order valence-electron chi connectivity index (χ2n) is 5.12. The van der Waals surface area contributed by atoms with Crippen LogP contribution in [0.5, 0.6) is 0 Å². The Balaban J connectivity index is 1.81. The van der Waals surface area contributed by atoms with Crippen molar-refractivity contribution in [3.8, 4) is 0 Å². The molecule has 0 aliphatic carbocycles. The van der Waals surface area contributed by atoms with Gasteiger partial charge in [0.15, 0.2) is 11.6 Å². The SMILES string of the molecule is Cc1ccc(CNC(=O)CC(=O)Nc2ccc(F)c(F)c2)cc1. The number of carbonyl (C=O) groups excluding carboxylic acids is 2. The summed E-state index contributed by atoms with van der Waals surface area (Å²) >= 11 is 0. The predicted molar refractivity (Wildman–Crippen MR) is 82.6 cm³/mol. The van der Waals surface area contributed by atoms with Gasteiger partial charge in [0.25, 0.3) is 0 Å². The Labute approximate surface area is 132 Å². The highest BCUT2D eigenvalue weighted by Gasteiger charge is 2.11. The van der Waals surface area contributed by atoms with Crippen molar-refractivity contribution < 1.29 is 18.4 Å². The first-order chi connectivity index (χ1) is 10.9. The summed E-state index contributed by atoms with van der Waals surface area (Å²) in [5, 5.41) is 4.96. The Kier molecular flexibility index (Phi) is 5.41. The van der Waals surface area contributed by atoms with Crippen LogP contribution >= 0.6 is 0 Å². The maximum Gasteiger partial charge on any atom is 0.233 e. The van der Waals surface area contributed by atoms with Crippen molar-refractivity contribution in [1.82, 2.24) is 5.32 Å². The first-order valence-corrected chi connectivity index (χ1v) is 7.01. The van der Waals surface area contributed by atoms with Crippen molar-refractivity contribution in [1.29, 1.82) is 0 Å². The lowest BCUT2D eigenvalue weighted by Gasteiger charge is -2.07. The van der Waals surface area contributed by atoms with Gasteiger partial charge in [-0.05, 0) is 24.6 Å². The third-order valence-electron chi connectivity index (χ3n) is 3.13. The second-order valence-corrected chi connectivity index (χ2v) is 5.12. The second kappa shape index (κ2) is 7.49. The van der Waals surface area contributed by atoms with Gasteiger partial charge in [0, 0.05) is 18.3 Å². The summed E-state index contributed by atoms with van der Waals surface area (Å²) in [5.41, 5.74) is 2.14. The summed E-state index contributed by atoms with van der Waals surface area (Å²) < 4.78 is 25.8. The molecule has 0 fully saturated rings. The third kappa shape index (κ3) is 5.18. The molecule has 0 spiro atoms. The van der Waals surface area contributed by atoms with Crippen molar-refractivity contribution in [3.63, 3.8) is 0 Å². The van der Waals surface area contributed by atoms with Crippen LogP contribution in [0.25, 0.3) is 0 Å². The number of nitrogens with one attached hydrogen (secondary N) is 2. The number of aryl methyl sites for hydroxylation is 1. The van der Waals surface area contributed by atoms with E-state index in [1.54, 1.807) is 0 Å². The number of hydrogen-bond donors (Lipinski definition) is 2. The van der Waals surface area contributed by atoms with Gasteiger partial charge in [0.1, 0.15) is 6.42 Å². The monoisotopic (exact) mass is 318 g/mol.